The van der Waals surface area contributed by atoms with E-state index in [0.29, 0.717) is 5.69 Å². The molecule has 0 fully saturated rings. The zero-order valence-corrected chi connectivity index (χ0v) is 6.23. The van der Waals surface area contributed by atoms with Crippen molar-refractivity contribution in [3.05, 3.63) is 34.5 Å². The fraction of sp³-hybridized carbons (Fsp3) is 0.286. The van der Waals surface area contributed by atoms with Crippen LogP contribution in [0.5, 0.6) is 0 Å². The summed E-state index contributed by atoms with van der Waals surface area (Å²) in [5.41, 5.74) is 9.69. The van der Waals surface area contributed by atoms with Crippen molar-refractivity contribution in [2.75, 3.05) is 0 Å². The molecule has 0 spiro atoms. The highest BCUT2D eigenvalue weighted by atomic mass is 15.1. The van der Waals surface area contributed by atoms with E-state index in [1.807, 2.05) is 6.92 Å². The highest BCUT2D eigenvalue weighted by Crippen LogP contribution is 2.11. The van der Waals surface area contributed by atoms with E-state index < -0.39 is 0 Å². The maximum Gasteiger partial charge on any atom is 0.0408 e. The predicted octanol–water partition coefficient (Wildman–Crippen LogP) is 2.59. The van der Waals surface area contributed by atoms with E-state index >= 15 is 0 Å². The molecule has 1 rings (SSSR count). The van der Waals surface area contributed by atoms with E-state index in [1.165, 1.54) is 0 Å². The van der Waals surface area contributed by atoms with Crippen molar-refractivity contribution in [2.24, 2.45) is 5.11 Å². The predicted molar refractivity (Wildman–Crippen MR) is 42.4 cm³/mol. The Kier molecular flexibility index (Phi) is 2.47. The first kappa shape index (κ1) is 7.57. The summed E-state index contributed by atoms with van der Waals surface area (Å²) in [5.74, 6) is 0. The normalized spacial score (nSPS) is 8.82. The van der Waals surface area contributed by atoms with Gasteiger partial charge in [-0.3, -0.25) is 4.98 Å². The second kappa shape index (κ2) is 3.58. The molecule has 0 atom stereocenters. The van der Waals surface area contributed by atoms with Crippen LogP contribution in [0.1, 0.15) is 12.6 Å². The SMILES string of the molecule is CCc1cc(N=[N+]=[N-])ccn1. The summed E-state index contributed by atoms with van der Waals surface area (Å²) in [4.78, 5) is 6.74. The molecule has 0 radical (unpaired) electrons. The minimum Gasteiger partial charge on any atom is -0.261 e. The van der Waals surface area contributed by atoms with E-state index in [-0.39, 0.29) is 0 Å². The summed E-state index contributed by atoms with van der Waals surface area (Å²) in [6, 6.07) is 3.46. The second-order valence-corrected chi connectivity index (χ2v) is 2.05. The van der Waals surface area contributed by atoms with Gasteiger partial charge in [0.05, 0.1) is 0 Å². The van der Waals surface area contributed by atoms with Crippen molar-refractivity contribution in [1.29, 1.82) is 0 Å². The van der Waals surface area contributed by atoms with Crippen LogP contribution in [0.25, 0.3) is 10.4 Å². The lowest BCUT2D eigenvalue weighted by molar-refractivity contribution is 1.03. The molecule has 1 aromatic rings. The highest BCUT2D eigenvalue weighted by Gasteiger charge is 1.90. The molecule has 0 amide bonds. The molecule has 11 heavy (non-hydrogen) atoms. The molecule has 1 heterocycles. The Balaban J connectivity index is 3.00. The number of aryl methyl sites for hydroxylation is 1. The van der Waals surface area contributed by atoms with Crippen LogP contribution < -0.4 is 0 Å². The van der Waals surface area contributed by atoms with Crippen molar-refractivity contribution in [1.82, 2.24) is 4.98 Å². The van der Waals surface area contributed by atoms with Gasteiger partial charge in [-0.05, 0) is 24.1 Å². The highest BCUT2D eigenvalue weighted by molar-refractivity contribution is 5.36. The molecule has 4 heteroatoms. The molecule has 0 N–H and O–H groups in total. The van der Waals surface area contributed by atoms with E-state index in [2.05, 4.69) is 15.0 Å². The van der Waals surface area contributed by atoms with Crippen LogP contribution in [0.15, 0.2) is 23.4 Å². The maximum absolute atomic E-state index is 8.12. The average molecular weight is 148 g/mol. The van der Waals surface area contributed by atoms with Crippen LogP contribution >= 0.6 is 0 Å². The number of hydrogen-bond donors (Lipinski definition) is 0. The topological polar surface area (TPSA) is 61.7 Å². The van der Waals surface area contributed by atoms with Gasteiger partial charge < -0.3 is 0 Å². The Bertz CT molecular complexity index is 288. The Morgan fingerprint density at radius 1 is 1.73 bits per heavy atom. The molecule has 0 saturated carbocycles. The Morgan fingerprint density at radius 2 is 2.55 bits per heavy atom. The van der Waals surface area contributed by atoms with Gasteiger partial charge in [-0.15, -0.1) is 0 Å². The Hall–Kier alpha value is -1.54. The fourth-order valence-electron chi connectivity index (χ4n) is 0.773. The zero-order valence-electron chi connectivity index (χ0n) is 6.23. The molecular weight excluding hydrogens is 140 g/mol. The second-order valence-electron chi connectivity index (χ2n) is 2.05. The minimum absolute atomic E-state index is 0.624. The molecule has 4 nitrogen and oxygen atoms in total. The molecule has 0 unspecified atom stereocenters. The number of hydrogen-bond acceptors (Lipinski definition) is 2. The fourth-order valence-corrected chi connectivity index (χ4v) is 0.773. The molecule has 1 aromatic heterocycles. The van der Waals surface area contributed by atoms with Crippen LogP contribution in [-0.2, 0) is 6.42 Å². The maximum atomic E-state index is 8.12. The van der Waals surface area contributed by atoms with Gasteiger partial charge in [-0.25, -0.2) is 0 Å². The quantitative estimate of drug-likeness (QED) is 0.361. The van der Waals surface area contributed by atoms with Crippen LogP contribution in [0.2, 0.25) is 0 Å². The van der Waals surface area contributed by atoms with Gasteiger partial charge in [-0.1, -0.05) is 12.0 Å². The van der Waals surface area contributed by atoms with E-state index in [0.717, 1.165) is 12.1 Å². The standard InChI is InChI=1S/C7H8N4/c1-2-6-5-7(10-11-8)3-4-9-6/h3-5H,2H2,1H3. The molecule has 0 bridgehead atoms. The van der Waals surface area contributed by atoms with Gasteiger partial charge in [0, 0.05) is 22.5 Å². The monoisotopic (exact) mass is 148 g/mol. The summed E-state index contributed by atoms with van der Waals surface area (Å²) < 4.78 is 0. The van der Waals surface area contributed by atoms with Gasteiger partial charge >= 0.3 is 0 Å². The van der Waals surface area contributed by atoms with Crippen LogP contribution in [-0.4, -0.2) is 4.98 Å². The van der Waals surface area contributed by atoms with Gasteiger partial charge in [0.25, 0.3) is 0 Å². The molecule has 56 valence electrons. The number of pyridine rings is 1. The third-order valence-corrected chi connectivity index (χ3v) is 1.32. The zero-order chi connectivity index (χ0) is 8.10. The van der Waals surface area contributed by atoms with Crippen LogP contribution in [0, 0.1) is 0 Å². The Morgan fingerprint density at radius 3 is 3.18 bits per heavy atom. The molecule has 0 saturated heterocycles. The van der Waals surface area contributed by atoms with Crippen molar-refractivity contribution >= 4 is 5.69 Å². The number of rotatable bonds is 2. The number of azide groups is 1. The van der Waals surface area contributed by atoms with Gasteiger partial charge in [0.2, 0.25) is 0 Å². The van der Waals surface area contributed by atoms with E-state index in [9.17, 15) is 0 Å². The first-order chi connectivity index (χ1) is 5.36. The third kappa shape index (κ3) is 1.95. The number of aromatic nitrogens is 1. The van der Waals surface area contributed by atoms with Crippen molar-refractivity contribution in [3.63, 3.8) is 0 Å². The molecule has 0 aliphatic rings. The molecule has 0 aliphatic heterocycles. The lowest BCUT2D eigenvalue weighted by Crippen LogP contribution is -1.82. The summed E-state index contributed by atoms with van der Waals surface area (Å²) in [7, 11) is 0. The average Bonchev–Trinajstić information content (AvgIpc) is 2.06. The van der Waals surface area contributed by atoms with E-state index in [1.54, 1.807) is 18.3 Å². The third-order valence-electron chi connectivity index (χ3n) is 1.32. The van der Waals surface area contributed by atoms with Gasteiger partial charge in [-0.2, -0.15) is 0 Å². The van der Waals surface area contributed by atoms with Crippen molar-refractivity contribution in [2.45, 2.75) is 13.3 Å². The summed E-state index contributed by atoms with van der Waals surface area (Å²) >= 11 is 0. The van der Waals surface area contributed by atoms with Crippen molar-refractivity contribution < 1.29 is 0 Å². The molecule has 0 aromatic carbocycles. The van der Waals surface area contributed by atoms with Gasteiger partial charge in [0.15, 0.2) is 0 Å². The lowest BCUT2D eigenvalue weighted by Gasteiger charge is -1.94. The molecular formula is C7H8N4. The summed E-state index contributed by atoms with van der Waals surface area (Å²) in [6.45, 7) is 2.00. The van der Waals surface area contributed by atoms with Crippen molar-refractivity contribution in [3.8, 4) is 0 Å². The van der Waals surface area contributed by atoms with Gasteiger partial charge in [0.1, 0.15) is 0 Å². The summed E-state index contributed by atoms with van der Waals surface area (Å²) in [6.07, 6.45) is 2.50. The first-order valence-corrected chi connectivity index (χ1v) is 3.37. The number of nitrogens with zero attached hydrogens (tertiary/aromatic N) is 4. The largest absolute Gasteiger partial charge is 0.261 e. The Labute approximate surface area is 64.5 Å². The van der Waals surface area contributed by atoms with Crippen LogP contribution in [0.3, 0.4) is 0 Å². The first-order valence-electron chi connectivity index (χ1n) is 3.37. The summed E-state index contributed by atoms with van der Waals surface area (Å²) in [5, 5.41) is 3.46. The molecule has 0 aliphatic carbocycles. The van der Waals surface area contributed by atoms with E-state index in [4.69, 9.17) is 5.53 Å². The van der Waals surface area contributed by atoms with Crippen LogP contribution in [0.4, 0.5) is 5.69 Å². The smallest absolute Gasteiger partial charge is 0.0408 e. The minimum atomic E-state index is 0.624. The lowest BCUT2D eigenvalue weighted by atomic mass is 10.3.